The fourth-order valence-corrected chi connectivity index (χ4v) is 4.57. The van der Waals surface area contributed by atoms with Crippen molar-refractivity contribution in [3.63, 3.8) is 0 Å². The highest BCUT2D eigenvalue weighted by atomic mass is 32.2. The first-order valence-electron chi connectivity index (χ1n) is 10.1. The van der Waals surface area contributed by atoms with Gasteiger partial charge in [0, 0.05) is 0 Å². The van der Waals surface area contributed by atoms with E-state index in [0.717, 1.165) is 9.87 Å². The van der Waals surface area contributed by atoms with Crippen LogP contribution in [0.4, 0.5) is 11.4 Å². The van der Waals surface area contributed by atoms with Gasteiger partial charge in [-0.15, -0.1) is 0 Å². The fraction of sp³-hybridized carbons (Fsp3) is 0.208. The third kappa shape index (κ3) is 5.39. The molecule has 0 saturated carbocycles. The predicted octanol–water partition coefficient (Wildman–Crippen LogP) is 4.24. The van der Waals surface area contributed by atoms with E-state index in [1.165, 1.54) is 19.2 Å². The van der Waals surface area contributed by atoms with Crippen LogP contribution in [0.2, 0.25) is 0 Å². The summed E-state index contributed by atoms with van der Waals surface area (Å²) in [4.78, 5) is 13.0. The van der Waals surface area contributed by atoms with Gasteiger partial charge in [0.25, 0.3) is 10.0 Å². The van der Waals surface area contributed by atoms with Crippen LogP contribution >= 0.6 is 0 Å². The van der Waals surface area contributed by atoms with Crippen molar-refractivity contribution >= 4 is 27.3 Å². The number of anilines is 2. The Hall–Kier alpha value is -3.52. The van der Waals surface area contributed by atoms with Crippen LogP contribution in [0.3, 0.4) is 0 Å². The number of para-hydroxylation sites is 1. The number of hydrogen-bond acceptors (Lipinski definition) is 5. The minimum atomic E-state index is -4.01. The monoisotopic (exact) mass is 454 g/mol. The van der Waals surface area contributed by atoms with Crippen LogP contribution in [0.15, 0.2) is 77.7 Å². The van der Waals surface area contributed by atoms with Crippen LogP contribution in [-0.4, -0.2) is 34.6 Å². The molecule has 0 aromatic heterocycles. The summed E-state index contributed by atoms with van der Waals surface area (Å²) in [5.74, 6) is 0.568. The number of rotatable bonds is 9. The van der Waals surface area contributed by atoms with Crippen molar-refractivity contribution in [3.05, 3.63) is 78.4 Å². The van der Waals surface area contributed by atoms with E-state index >= 15 is 0 Å². The molecule has 0 aliphatic carbocycles. The lowest BCUT2D eigenvalue weighted by Gasteiger charge is -2.24. The highest BCUT2D eigenvalue weighted by molar-refractivity contribution is 7.92. The smallest absolute Gasteiger partial charge is 0.264 e. The molecule has 0 aliphatic rings. The molecule has 0 fully saturated rings. The first-order chi connectivity index (χ1) is 15.3. The van der Waals surface area contributed by atoms with Crippen molar-refractivity contribution in [2.75, 3.05) is 29.9 Å². The lowest BCUT2D eigenvalue weighted by Crippen LogP contribution is -2.38. The third-order valence-corrected chi connectivity index (χ3v) is 6.47. The molecule has 0 saturated heterocycles. The van der Waals surface area contributed by atoms with E-state index < -0.39 is 22.5 Å². The molecule has 0 aliphatic heterocycles. The van der Waals surface area contributed by atoms with Gasteiger partial charge in [-0.1, -0.05) is 24.3 Å². The average molecular weight is 455 g/mol. The minimum Gasteiger partial charge on any atom is -0.495 e. The van der Waals surface area contributed by atoms with Gasteiger partial charge in [0.1, 0.15) is 18.0 Å². The summed E-state index contributed by atoms with van der Waals surface area (Å²) in [6.45, 7) is 3.81. The number of methoxy groups -OCH3 is 1. The second kappa shape index (κ2) is 10.2. The van der Waals surface area contributed by atoms with Crippen LogP contribution in [-0.2, 0) is 14.8 Å². The van der Waals surface area contributed by atoms with E-state index in [1.807, 2.05) is 19.9 Å². The largest absolute Gasteiger partial charge is 0.495 e. The zero-order valence-corrected chi connectivity index (χ0v) is 19.1. The molecule has 8 heteroatoms. The highest BCUT2D eigenvalue weighted by Crippen LogP contribution is 2.27. The number of nitrogens with zero attached hydrogens (tertiary/aromatic N) is 1. The van der Waals surface area contributed by atoms with Gasteiger partial charge in [0.2, 0.25) is 5.91 Å². The van der Waals surface area contributed by atoms with Gasteiger partial charge in [-0.05, 0) is 67.9 Å². The van der Waals surface area contributed by atoms with Gasteiger partial charge >= 0.3 is 0 Å². The summed E-state index contributed by atoms with van der Waals surface area (Å²) in [5, 5.41) is 2.76. The number of carbonyl (C=O) groups is 1. The first kappa shape index (κ1) is 23.1. The lowest BCUT2D eigenvalue weighted by molar-refractivity contribution is -0.114. The van der Waals surface area contributed by atoms with Crippen molar-refractivity contribution in [2.45, 2.75) is 18.7 Å². The molecule has 0 unspecified atom stereocenters. The summed E-state index contributed by atoms with van der Waals surface area (Å²) in [6.07, 6.45) is 0. The van der Waals surface area contributed by atoms with Crippen LogP contribution in [0, 0.1) is 6.92 Å². The molecule has 3 aromatic carbocycles. The Bertz CT molecular complexity index is 1160. The maximum Gasteiger partial charge on any atom is 0.264 e. The number of amides is 1. The van der Waals surface area contributed by atoms with Crippen molar-refractivity contribution in [1.82, 2.24) is 0 Å². The van der Waals surface area contributed by atoms with Gasteiger partial charge in [-0.3, -0.25) is 9.10 Å². The van der Waals surface area contributed by atoms with Gasteiger partial charge in [-0.25, -0.2) is 8.42 Å². The lowest BCUT2D eigenvalue weighted by atomic mass is 10.2. The maximum absolute atomic E-state index is 13.4. The summed E-state index contributed by atoms with van der Waals surface area (Å²) in [5.41, 5.74) is 1.79. The molecule has 0 radical (unpaired) electrons. The molecule has 0 spiro atoms. The Balaban J connectivity index is 1.91. The van der Waals surface area contributed by atoms with E-state index in [0.29, 0.717) is 29.5 Å². The van der Waals surface area contributed by atoms with Crippen molar-refractivity contribution in [2.24, 2.45) is 0 Å². The Morgan fingerprint density at radius 3 is 2.31 bits per heavy atom. The van der Waals surface area contributed by atoms with Gasteiger partial charge in [0.05, 0.1) is 30.0 Å². The number of hydrogen-bond donors (Lipinski definition) is 1. The van der Waals surface area contributed by atoms with E-state index in [2.05, 4.69) is 5.32 Å². The molecule has 1 amide bonds. The number of ether oxygens (including phenoxy) is 2. The fourth-order valence-electron chi connectivity index (χ4n) is 3.15. The van der Waals surface area contributed by atoms with Crippen LogP contribution in [0.5, 0.6) is 11.5 Å². The number of nitrogens with one attached hydrogen (secondary N) is 1. The molecule has 0 atom stereocenters. The molecule has 168 valence electrons. The van der Waals surface area contributed by atoms with Gasteiger partial charge in [0.15, 0.2) is 0 Å². The van der Waals surface area contributed by atoms with Gasteiger partial charge in [-0.2, -0.15) is 0 Å². The zero-order valence-electron chi connectivity index (χ0n) is 18.2. The molecule has 7 nitrogen and oxygen atoms in total. The third-order valence-electron chi connectivity index (χ3n) is 4.68. The number of carbonyl (C=O) groups excluding carboxylic acids is 1. The second-order valence-corrected chi connectivity index (χ2v) is 8.87. The van der Waals surface area contributed by atoms with Crippen molar-refractivity contribution in [1.29, 1.82) is 0 Å². The molecule has 0 heterocycles. The summed E-state index contributed by atoms with van der Waals surface area (Å²) in [6, 6.07) is 20.0. The Morgan fingerprint density at radius 2 is 1.69 bits per heavy atom. The topological polar surface area (TPSA) is 84.9 Å². The number of aryl methyl sites for hydroxylation is 1. The summed E-state index contributed by atoms with van der Waals surface area (Å²) in [7, 11) is -2.50. The minimum absolute atomic E-state index is 0.0609. The van der Waals surface area contributed by atoms with Crippen LogP contribution in [0.1, 0.15) is 12.5 Å². The molecule has 3 aromatic rings. The quantitative estimate of drug-likeness (QED) is 0.523. The Kier molecular flexibility index (Phi) is 7.37. The second-order valence-electron chi connectivity index (χ2n) is 7.00. The van der Waals surface area contributed by atoms with E-state index in [4.69, 9.17) is 9.47 Å². The normalized spacial score (nSPS) is 11.0. The van der Waals surface area contributed by atoms with E-state index in [9.17, 15) is 13.2 Å². The van der Waals surface area contributed by atoms with E-state index in [-0.39, 0.29) is 4.90 Å². The molecule has 32 heavy (non-hydrogen) atoms. The predicted molar refractivity (Wildman–Crippen MR) is 125 cm³/mol. The molecule has 1 N–H and O–H groups in total. The van der Waals surface area contributed by atoms with Crippen molar-refractivity contribution < 1.29 is 22.7 Å². The number of sulfonamides is 1. The van der Waals surface area contributed by atoms with E-state index in [1.54, 1.807) is 54.6 Å². The molecular weight excluding hydrogens is 428 g/mol. The van der Waals surface area contributed by atoms with Crippen LogP contribution in [0.25, 0.3) is 0 Å². The Labute approximate surface area is 188 Å². The first-order valence-corrected chi connectivity index (χ1v) is 11.5. The Morgan fingerprint density at radius 1 is 1.00 bits per heavy atom. The molecule has 0 bridgehead atoms. The van der Waals surface area contributed by atoms with Crippen molar-refractivity contribution in [3.8, 4) is 11.5 Å². The molecular formula is C24H26N2O5S. The standard InChI is InChI=1S/C24H26N2O5S/c1-4-31-20-11-13-21(14-12-20)32(28,29)26(19-8-6-5-7-9-19)17-24(27)25-22-16-18(2)10-15-23(22)30-3/h5-16H,4,17H2,1-3H3,(H,25,27). The summed E-state index contributed by atoms with van der Waals surface area (Å²) < 4.78 is 38.7. The number of benzene rings is 3. The molecule has 3 rings (SSSR count). The SMILES string of the molecule is CCOc1ccc(S(=O)(=O)N(CC(=O)Nc2cc(C)ccc2OC)c2ccccc2)cc1. The van der Waals surface area contributed by atoms with Gasteiger partial charge < -0.3 is 14.8 Å². The maximum atomic E-state index is 13.4. The van der Waals surface area contributed by atoms with Crippen LogP contribution < -0.4 is 19.1 Å². The zero-order chi connectivity index (χ0) is 23.1. The summed E-state index contributed by atoms with van der Waals surface area (Å²) >= 11 is 0. The average Bonchev–Trinajstić information content (AvgIpc) is 2.79. The highest BCUT2D eigenvalue weighted by Gasteiger charge is 2.27.